The molecular formula is C15H20N4O. The van der Waals surface area contributed by atoms with Crippen molar-refractivity contribution in [3.05, 3.63) is 40.7 Å². The Balaban J connectivity index is 2.04. The van der Waals surface area contributed by atoms with Gasteiger partial charge in [-0.15, -0.1) is 0 Å². The first-order valence-corrected chi connectivity index (χ1v) is 6.78. The Bertz CT molecular complexity index is 527. The normalized spacial score (nSPS) is 15.9. The summed E-state index contributed by atoms with van der Waals surface area (Å²) >= 11 is 0. The summed E-state index contributed by atoms with van der Waals surface area (Å²) < 4.78 is 0. The minimum Gasteiger partial charge on any atom is -0.369 e. The standard InChI is InChI=1S/C15H20N4O/c1-12-3-4-13(10-17-2)9-14(12)19-7-5-18(6-8-19)11-15(16)20/h3-4,9H,5-8,10-11H2,1H3,(H2,16,20). The summed E-state index contributed by atoms with van der Waals surface area (Å²) in [6.07, 6.45) is 0. The van der Waals surface area contributed by atoms with E-state index in [2.05, 4.69) is 33.7 Å². The monoisotopic (exact) mass is 272 g/mol. The number of rotatable bonds is 4. The van der Waals surface area contributed by atoms with Crippen LogP contribution >= 0.6 is 0 Å². The largest absolute Gasteiger partial charge is 0.369 e. The average Bonchev–Trinajstić information content (AvgIpc) is 2.42. The van der Waals surface area contributed by atoms with Crippen LogP contribution in [0.5, 0.6) is 0 Å². The zero-order chi connectivity index (χ0) is 14.5. The van der Waals surface area contributed by atoms with E-state index in [1.165, 1.54) is 11.3 Å². The zero-order valence-corrected chi connectivity index (χ0v) is 11.8. The Morgan fingerprint density at radius 3 is 2.65 bits per heavy atom. The van der Waals surface area contributed by atoms with E-state index in [-0.39, 0.29) is 5.91 Å². The molecule has 0 aromatic heterocycles. The fourth-order valence-corrected chi connectivity index (χ4v) is 2.55. The number of nitrogens with zero attached hydrogens (tertiary/aromatic N) is 3. The Labute approximate surface area is 119 Å². The second-order valence-corrected chi connectivity index (χ2v) is 5.17. The quantitative estimate of drug-likeness (QED) is 0.833. The fourth-order valence-electron chi connectivity index (χ4n) is 2.55. The number of amides is 1. The third-order valence-electron chi connectivity index (χ3n) is 3.63. The van der Waals surface area contributed by atoms with Crippen molar-refractivity contribution in [2.75, 3.05) is 37.6 Å². The summed E-state index contributed by atoms with van der Waals surface area (Å²) in [7, 11) is 0. The molecule has 1 aliphatic heterocycles. The lowest BCUT2D eigenvalue weighted by molar-refractivity contribution is -0.119. The number of piperazine rings is 1. The van der Waals surface area contributed by atoms with Crippen LogP contribution in [0.25, 0.3) is 4.85 Å². The molecule has 0 unspecified atom stereocenters. The lowest BCUT2D eigenvalue weighted by Crippen LogP contribution is -2.49. The van der Waals surface area contributed by atoms with Crippen molar-refractivity contribution < 1.29 is 4.79 Å². The van der Waals surface area contributed by atoms with Crippen LogP contribution in [0, 0.1) is 13.5 Å². The molecule has 1 aromatic carbocycles. The van der Waals surface area contributed by atoms with Gasteiger partial charge in [-0.1, -0.05) is 12.1 Å². The number of nitrogens with two attached hydrogens (primary N) is 1. The van der Waals surface area contributed by atoms with E-state index in [1.54, 1.807) is 0 Å². The summed E-state index contributed by atoms with van der Waals surface area (Å²) in [4.78, 5) is 18.8. The first kappa shape index (κ1) is 14.4. The van der Waals surface area contributed by atoms with Crippen LogP contribution in [-0.2, 0) is 11.3 Å². The minimum atomic E-state index is -0.270. The predicted octanol–water partition coefficient (Wildman–Crippen LogP) is 1.02. The molecule has 1 amide bonds. The summed E-state index contributed by atoms with van der Waals surface area (Å²) in [6.45, 7) is 13.3. The van der Waals surface area contributed by atoms with Gasteiger partial charge in [0.05, 0.1) is 6.54 Å². The first-order chi connectivity index (χ1) is 9.60. The molecule has 0 spiro atoms. The Kier molecular flexibility index (Phi) is 4.59. The maximum absolute atomic E-state index is 10.9. The molecule has 5 nitrogen and oxygen atoms in total. The Hall–Kier alpha value is -2.06. The van der Waals surface area contributed by atoms with Crippen molar-refractivity contribution in [1.29, 1.82) is 0 Å². The van der Waals surface area contributed by atoms with Crippen molar-refractivity contribution in [1.82, 2.24) is 4.90 Å². The highest BCUT2D eigenvalue weighted by atomic mass is 16.1. The van der Waals surface area contributed by atoms with Gasteiger partial charge in [-0.2, -0.15) is 0 Å². The van der Waals surface area contributed by atoms with Gasteiger partial charge in [0.2, 0.25) is 12.5 Å². The number of benzene rings is 1. The van der Waals surface area contributed by atoms with Gasteiger partial charge in [0, 0.05) is 37.4 Å². The first-order valence-electron chi connectivity index (χ1n) is 6.78. The molecule has 106 valence electrons. The predicted molar refractivity (Wildman–Crippen MR) is 79.3 cm³/mol. The van der Waals surface area contributed by atoms with E-state index in [0.29, 0.717) is 13.1 Å². The molecule has 1 aliphatic rings. The van der Waals surface area contributed by atoms with Crippen LogP contribution in [0.1, 0.15) is 11.1 Å². The number of hydrogen-bond donors (Lipinski definition) is 1. The summed E-state index contributed by atoms with van der Waals surface area (Å²) in [5.41, 5.74) is 8.70. The molecule has 1 saturated heterocycles. The number of anilines is 1. The van der Waals surface area contributed by atoms with Gasteiger partial charge in [0.25, 0.3) is 0 Å². The van der Waals surface area contributed by atoms with Gasteiger partial charge in [-0.3, -0.25) is 9.69 Å². The molecule has 2 N–H and O–H groups in total. The summed E-state index contributed by atoms with van der Waals surface area (Å²) in [5.74, 6) is -0.270. The van der Waals surface area contributed by atoms with Gasteiger partial charge >= 0.3 is 0 Å². The third-order valence-corrected chi connectivity index (χ3v) is 3.63. The summed E-state index contributed by atoms with van der Waals surface area (Å²) in [5, 5.41) is 0. The maximum Gasteiger partial charge on any atom is 0.239 e. The number of carbonyl (C=O) groups excluding carboxylic acids is 1. The fraction of sp³-hybridized carbons (Fsp3) is 0.467. The number of primary amides is 1. The van der Waals surface area contributed by atoms with E-state index in [9.17, 15) is 4.79 Å². The van der Waals surface area contributed by atoms with Crippen molar-refractivity contribution in [2.45, 2.75) is 13.5 Å². The molecule has 0 saturated carbocycles. The van der Waals surface area contributed by atoms with Gasteiger partial charge in [-0.25, -0.2) is 6.57 Å². The van der Waals surface area contributed by atoms with Crippen LogP contribution in [0.4, 0.5) is 5.69 Å². The highest BCUT2D eigenvalue weighted by molar-refractivity contribution is 5.76. The summed E-state index contributed by atoms with van der Waals surface area (Å²) in [6, 6.07) is 6.20. The molecule has 0 atom stereocenters. The van der Waals surface area contributed by atoms with E-state index in [0.717, 1.165) is 31.7 Å². The molecule has 0 aliphatic carbocycles. The van der Waals surface area contributed by atoms with Crippen molar-refractivity contribution in [2.24, 2.45) is 5.73 Å². The Morgan fingerprint density at radius 2 is 2.05 bits per heavy atom. The highest BCUT2D eigenvalue weighted by Crippen LogP contribution is 2.23. The molecule has 0 bridgehead atoms. The second kappa shape index (κ2) is 6.40. The van der Waals surface area contributed by atoms with Crippen LogP contribution in [0.2, 0.25) is 0 Å². The second-order valence-electron chi connectivity index (χ2n) is 5.17. The number of aryl methyl sites for hydroxylation is 1. The van der Waals surface area contributed by atoms with E-state index >= 15 is 0 Å². The zero-order valence-electron chi connectivity index (χ0n) is 11.8. The number of carbonyl (C=O) groups is 1. The lowest BCUT2D eigenvalue weighted by atomic mass is 10.1. The topological polar surface area (TPSA) is 53.9 Å². The van der Waals surface area contributed by atoms with Crippen molar-refractivity contribution in [3.8, 4) is 0 Å². The molecule has 1 heterocycles. The molecule has 2 rings (SSSR count). The van der Waals surface area contributed by atoms with E-state index in [1.807, 2.05) is 6.07 Å². The highest BCUT2D eigenvalue weighted by Gasteiger charge is 2.19. The van der Waals surface area contributed by atoms with Crippen molar-refractivity contribution >= 4 is 11.6 Å². The Morgan fingerprint density at radius 1 is 1.35 bits per heavy atom. The molecule has 0 radical (unpaired) electrons. The van der Waals surface area contributed by atoms with E-state index in [4.69, 9.17) is 12.3 Å². The van der Waals surface area contributed by atoms with Gasteiger partial charge < -0.3 is 15.5 Å². The molecule has 1 aromatic rings. The molecule has 1 fully saturated rings. The van der Waals surface area contributed by atoms with E-state index < -0.39 is 0 Å². The lowest BCUT2D eigenvalue weighted by Gasteiger charge is -2.36. The maximum atomic E-state index is 10.9. The molecular weight excluding hydrogens is 252 g/mol. The number of hydrogen-bond acceptors (Lipinski definition) is 3. The average molecular weight is 272 g/mol. The van der Waals surface area contributed by atoms with Crippen LogP contribution < -0.4 is 10.6 Å². The molecule has 20 heavy (non-hydrogen) atoms. The molecule has 5 heteroatoms. The van der Waals surface area contributed by atoms with Gasteiger partial charge in [0.15, 0.2) is 0 Å². The smallest absolute Gasteiger partial charge is 0.239 e. The third kappa shape index (κ3) is 3.49. The van der Waals surface area contributed by atoms with Crippen LogP contribution in [0.3, 0.4) is 0 Å². The van der Waals surface area contributed by atoms with Crippen LogP contribution in [-0.4, -0.2) is 43.5 Å². The minimum absolute atomic E-state index is 0.270. The van der Waals surface area contributed by atoms with Gasteiger partial charge in [0.1, 0.15) is 0 Å². The SMILES string of the molecule is [C-]#[N+]Cc1ccc(C)c(N2CCN(CC(N)=O)CC2)c1. The van der Waals surface area contributed by atoms with Gasteiger partial charge in [-0.05, 0) is 18.6 Å². The van der Waals surface area contributed by atoms with Crippen LogP contribution in [0.15, 0.2) is 18.2 Å². The van der Waals surface area contributed by atoms with Crippen molar-refractivity contribution in [3.63, 3.8) is 0 Å².